The molecule has 0 aliphatic rings. The van der Waals surface area contributed by atoms with Crippen molar-refractivity contribution in [1.82, 2.24) is 15.1 Å². The minimum atomic E-state index is -5.08. The van der Waals surface area contributed by atoms with E-state index in [0.29, 0.717) is 31.7 Å². The third-order valence-electron chi connectivity index (χ3n) is 4.86. The number of hydrogen-bond donors (Lipinski definition) is 4. The lowest BCUT2D eigenvalue weighted by Crippen LogP contribution is -2.45. The van der Waals surface area contributed by atoms with E-state index in [-0.39, 0.29) is 25.1 Å². The van der Waals surface area contributed by atoms with Crippen LogP contribution in [0.25, 0.3) is 0 Å². The number of ether oxygens (including phenoxy) is 2. The minimum Gasteiger partial charge on any atom is -0.451 e. The van der Waals surface area contributed by atoms with Gasteiger partial charge >= 0.3 is 6.03 Å². The molecule has 0 bridgehead atoms. The van der Waals surface area contributed by atoms with Crippen LogP contribution in [-0.2, 0) is 19.6 Å². The van der Waals surface area contributed by atoms with Crippen LogP contribution in [0.15, 0.2) is 41.3 Å². The van der Waals surface area contributed by atoms with Crippen molar-refractivity contribution in [2.24, 2.45) is 5.73 Å². The van der Waals surface area contributed by atoms with Crippen molar-refractivity contribution in [1.29, 1.82) is 0 Å². The number of carbonyl (C=O) groups excluding carboxylic acids is 2. The molecule has 15 heteroatoms. The summed E-state index contributed by atoms with van der Waals surface area (Å²) in [6.45, 7) is 0.907. The zero-order chi connectivity index (χ0) is 27.6. The standard InChI is InChI=1S/C22H27F3N4O7S/c1-35-11-10-28-22(31)27-9-3-2-4-19(26)21(30)29(32)37(33,34)16-12-17(24)20(18(25)13-16)36-15-7-5-14(23)6-8-15/h5-8,12-13,19,32H,2-4,9-11,26H2,1H3,(H2,27,28,31)/t19-/m1/s1. The normalized spacial score (nSPS) is 12.1. The summed E-state index contributed by atoms with van der Waals surface area (Å²) in [5.41, 5.74) is 5.67. The molecule has 3 amide bonds. The SMILES string of the molecule is COCCNC(=O)NCCCC[C@@H](N)C(=O)N(O)S(=O)(=O)c1cc(F)c(Oc2ccc(F)cc2)c(F)c1. The highest BCUT2D eigenvalue weighted by atomic mass is 32.2. The highest BCUT2D eigenvalue weighted by Gasteiger charge is 2.33. The second-order valence-corrected chi connectivity index (χ2v) is 9.40. The number of nitrogens with zero attached hydrogens (tertiary/aromatic N) is 1. The molecule has 0 aliphatic heterocycles. The number of urea groups is 1. The summed E-state index contributed by atoms with van der Waals surface area (Å²) in [5, 5.41) is 15.1. The number of methoxy groups -OCH3 is 1. The molecular weight excluding hydrogens is 521 g/mol. The zero-order valence-corrected chi connectivity index (χ0v) is 20.6. The van der Waals surface area contributed by atoms with Gasteiger partial charge in [0.25, 0.3) is 15.9 Å². The van der Waals surface area contributed by atoms with Crippen molar-refractivity contribution in [2.45, 2.75) is 30.2 Å². The number of hydroxylamine groups is 1. The van der Waals surface area contributed by atoms with Crippen LogP contribution < -0.4 is 21.1 Å². The molecular formula is C22H27F3N4O7S. The third-order valence-corrected chi connectivity index (χ3v) is 6.32. The number of amides is 3. The lowest BCUT2D eigenvalue weighted by atomic mass is 10.1. The van der Waals surface area contributed by atoms with E-state index in [0.717, 1.165) is 24.3 Å². The monoisotopic (exact) mass is 548 g/mol. The quantitative estimate of drug-likeness (QED) is 0.168. The lowest BCUT2D eigenvalue weighted by molar-refractivity contribution is -0.147. The Bertz CT molecular complexity index is 1160. The molecule has 0 saturated heterocycles. The Balaban J connectivity index is 1.95. The first-order valence-electron chi connectivity index (χ1n) is 10.9. The Morgan fingerprint density at radius 2 is 1.65 bits per heavy atom. The van der Waals surface area contributed by atoms with Gasteiger partial charge in [-0.2, -0.15) is 8.42 Å². The van der Waals surface area contributed by atoms with E-state index in [2.05, 4.69) is 10.6 Å². The molecule has 0 fully saturated rings. The van der Waals surface area contributed by atoms with Crippen molar-refractivity contribution >= 4 is 22.0 Å². The molecule has 37 heavy (non-hydrogen) atoms. The Labute approximate surface area is 211 Å². The predicted molar refractivity (Wildman–Crippen MR) is 124 cm³/mol. The molecule has 2 rings (SSSR count). The predicted octanol–water partition coefficient (Wildman–Crippen LogP) is 2.25. The van der Waals surface area contributed by atoms with Crippen molar-refractivity contribution in [3.8, 4) is 11.5 Å². The average Bonchev–Trinajstić information content (AvgIpc) is 2.86. The maximum atomic E-state index is 14.5. The van der Waals surface area contributed by atoms with E-state index < -0.39 is 60.6 Å². The smallest absolute Gasteiger partial charge is 0.314 e. The molecule has 5 N–H and O–H groups in total. The fourth-order valence-electron chi connectivity index (χ4n) is 2.91. The van der Waals surface area contributed by atoms with Gasteiger partial charge in [0.05, 0.1) is 17.5 Å². The van der Waals surface area contributed by atoms with Gasteiger partial charge in [0, 0.05) is 20.2 Å². The molecule has 0 aromatic heterocycles. The number of nitrogens with one attached hydrogen (secondary N) is 2. The Morgan fingerprint density at radius 1 is 1.05 bits per heavy atom. The van der Waals surface area contributed by atoms with Gasteiger partial charge in [0.1, 0.15) is 11.6 Å². The van der Waals surface area contributed by atoms with Gasteiger partial charge in [-0.25, -0.2) is 18.0 Å². The van der Waals surface area contributed by atoms with Gasteiger partial charge in [0.2, 0.25) is 0 Å². The van der Waals surface area contributed by atoms with Crippen LogP contribution >= 0.6 is 0 Å². The van der Waals surface area contributed by atoms with Gasteiger partial charge in [-0.15, -0.1) is 4.47 Å². The number of sulfonamides is 1. The maximum Gasteiger partial charge on any atom is 0.314 e. The minimum absolute atomic E-state index is 0.0500. The number of rotatable bonds is 13. The summed E-state index contributed by atoms with van der Waals surface area (Å²) >= 11 is 0. The molecule has 2 aromatic carbocycles. The van der Waals surface area contributed by atoms with Crippen LogP contribution in [-0.4, -0.2) is 62.9 Å². The van der Waals surface area contributed by atoms with E-state index in [9.17, 15) is 36.4 Å². The second kappa shape index (κ2) is 13.8. The van der Waals surface area contributed by atoms with E-state index in [1.807, 2.05) is 0 Å². The summed E-state index contributed by atoms with van der Waals surface area (Å²) < 4.78 is 76.2. The van der Waals surface area contributed by atoms with Crippen LogP contribution in [0.4, 0.5) is 18.0 Å². The maximum absolute atomic E-state index is 14.5. The van der Waals surface area contributed by atoms with Crippen LogP contribution in [0.2, 0.25) is 0 Å². The average molecular weight is 549 g/mol. The second-order valence-electron chi connectivity index (χ2n) is 7.64. The first-order valence-corrected chi connectivity index (χ1v) is 12.4. The fourth-order valence-corrected chi connectivity index (χ4v) is 3.98. The number of unbranched alkanes of at least 4 members (excludes halogenated alkanes) is 1. The van der Waals surface area contributed by atoms with Crippen LogP contribution in [0, 0.1) is 17.5 Å². The Kier molecular flexibility index (Phi) is 11.1. The fraction of sp³-hybridized carbons (Fsp3) is 0.364. The van der Waals surface area contributed by atoms with E-state index in [1.165, 1.54) is 7.11 Å². The summed E-state index contributed by atoms with van der Waals surface area (Å²) in [5.74, 6) is -6.03. The van der Waals surface area contributed by atoms with E-state index >= 15 is 0 Å². The molecule has 204 valence electrons. The molecule has 0 aliphatic carbocycles. The van der Waals surface area contributed by atoms with Crippen molar-refractivity contribution < 1.29 is 45.9 Å². The molecule has 0 saturated carbocycles. The van der Waals surface area contributed by atoms with Crippen molar-refractivity contribution in [2.75, 3.05) is 26.8 Å². The van der Waals surface area contributed by atoms with Gasteiger partial charge in [-0.3, -0.25) is 10.0 Å². The zero-order valence-electron chi connectivity index (χ0n) is 19.7. The number of nitrogens with two attached hydrogens (primary N) is 1. The van der Waals surface area contributed by atoms with Crippen LogP contribution in [0.3, 0.4) is 0 Å². The van der Waals surface area contributed by atoms with E-state index in [1.54, 1.807) is 0 Å². The van der Waals surface area contributed by atoms with Gasteiger partial charge < -0.3 is 25.8 Å². The summed E-state index contributed by atoms with van der Waals surface area (Å²) in [7, 11) is -3.59. The van der Waals surface area contributed by atoms with Gasteiger partial charge in [-0.05, 0) is 55.7 Å². The first-order chi connectivity index (χ1) is 17.5. The Morgan fingerprint density at radius 3 is 2.24 bits per heavy atom. The van der Waals surface area contributed by atoms with Crippen LogP contribution in [0.5, 0.6) is 11.5 Å². The molecule has 0 radical (unpaired) electrons. The van der Waals surface area contributed by atoms with Crippen molar-refractivity contribution in [3.05, 3.63) is 53.8 Å². The summed E-state index contributed by atoms with van der Waals surface area (Å²) in [4.78, 5) is 22.7. The molecule has 0 spiro atoms. The van der Waals surface area contributed by atoms with Gasteiger partial charge in [0.15, 0.2) is 17.4 Å². The van der Waals surface area contributed by atoms with Crippen LogP contribution in [0.1, 0.15) is 19.3 Å². The molecule has 2 aromatic rings. The van der Waals surface area contributed by atoms with Crippen molar-refractivity contribution in [3.63, 3.8) is 0 Å². The summed E-state index contributed by atoms with van der Waals surface area (Å²) in [6.07, 6.45) is 0.631. The Hall–Kier alpha value is -3.40. The number of halogens is 3. The number of hydrogen-bond acceptors (Lipinski definition) is 8. The molecule has 0 heterocycles. The molecule has 1 atom stereocenters. The topological polar surface area (TPSA) is 160 Å². The summed E-state index contributed by atoms with van der Waals surface area (Å²) in [6, 6.07) is 3.00. The largest absolute Gasteiger partial charge is 0.451 e. The highest BCUT2D eigenvalue weighted by Crippen LogP contribution is 2.31. The molecule has 11 nitrogen and oxygen atoms in total. The number of benzene rings is 2. The molecule has 0 unspecified atom stereocenters. The lowest BCUT2D eigenvalue weighted by Gasteiger charge is -2.19. The van der Waals surface area contributed by atoms with E-state index in [4.69, 9.17) is 15.2 Å². The van der Waals surface area contributed by atoms with Gasteiger partial charge in [-0.1, -0.05) is 0 Å². The first kappa shape index (κ1) is 29.8. The number of carbonyl (C=O) groups is 2. The third kappa shape index (κ3) is 8.59. The highest BCUT2D eigenvalue weighted by molar-refractivity contribution is 7.89.